The predicted molar refractivity (Wildman–Crippen MR) is 68.7 cm³/mol. The minimum atomic E-state index is -0.622. The van der Waals surface area contributed by atoms with E-state index in [2.05, 4.69) is 18.0 Å². The zero-order valence-corrected chi connectivity index (χ0v) is 10.1. The van der Waals surface area contributed by atoms with Crippen LogP contribution in [0.5, 0.6) is 0 Å². The van der Waals surface area contributed by atoms with E-state index in [1.165, 1.54) is 0 Å². The Bertz CT molecular complexity index is 551. The molecule has 3 rings (SSSR count). The lowest BCUT2D eigenvalue weighted by atomic mass is 9.90. The van der Waals surface area contributed by atoms with Crippen LogP contribution in [-0.2, 0) is 5.60 Å². The van der Waals surface area contributed by atoms with E-state index in [-0.39, 0.29) is 0 Å². The molecule has 17 heavy (non-hydrogen) atoms. The highest BCUT2D eigenvalue weighted by atomic mass is 16.3. The summed E-state index contributed by atoms with van der Waals surface area (Å²) in [4.78, 5) is 4.30. The highest BCUT2D eigenvalue weighted by Gasteiger charge is 2.36. The summed E-state index contributed by atoms with van der Waals surface area (Å²) >= 11 is 0. The van der Waals surface area contributed by atoms with Gasteiger partial charge in [0.2, 0.25) is 0 Å². The first-order valence-electron chi connectivity index (χ1n) is 6.25. The summed E-state index contributed by atoms with van der Waals surface area (Å²) in [7, 11) is 0. The molecule has 1 aromatic carbocycles. The Morgan fingerprint density at radius 1 is 1.35 bits per heavy atom. The molecule has 2 unspecified atom stereocenters. The number of hydrogen-bond acceptors (Lipinski definition) is 2. The van der Waals surface area contributed by atoms with Gasteiger partial charge in [0.25, 0.3) is 0 Å². The first-order chi connectivity index (χ1) is 8.17. The summed E-state index contributed by atoms with van der Waals surface area (Å²) in [6, 6.07) is 10.1. The standard InChI is InChI=1S/C15H17NO/c1-11-6-7-15(17,10-11)13-4-5-14-12(9-13)3-2-8-16-14/h2-5,8-9,11,17H,6-7,10H2,1H3. The van der Waals surface area contributed by atoms with Crippen LogP contribution in [0.15, 0.2) is 36.5 Å². The molecule has 1 heterocycles. The fraction of sp³-hybridized carbons (Fsp3) is 0.400. The van der Waals surface area contributed by atoms with Crippen LogP contribution >= 0.6 is 0 Å². The van der Waals surface area contributed by atoms with Crippen LogP contribution in [0.25, 0.3) is 10.9 Å². The second-order valence-corrected chi connectivity index (χ2v) is 5.29. The molecule has 2 atom stereocenters. The van der Waals surface area contributed by atoms with E-state index in [0.717, 1.165) is 35.7 Å². The van der Waals surface area contributed by atoms with Crippen molar-refractivity contribution in [2.75, 3.05) is 0 Å². The third-order valence-electron chi connectivity index (χ3n) is 3.88. The van der Waals surface area contributed by atoms with Gasteiger partial charge in [-0.25, -0.2) is 0 Å². The summed E-state index contributed by atoms with van der Waals surface area (Å²) in [6.07, 6.45) is 4.66. The quantitative estimate of drug-likeness (QED) is 0.811. The van der Waals surface area contributed by atoms with Crippen molar-refractivity contribution in [3.63, 3.8) is 0 Å². The number of fused-ring (bicyclic) bond motifs is 1. The highest BCUT2D eigenvalue weighted by Crippen LogP contribution is 2.42. The Kier molecular flexibility index (Phi) is 2.40. The third-order valence-corrected chi connectivity index (χ3v) is 3.88. The molecule has 0 spiro atoms. The summed E-state index contributed by atoms with van der Waals surface area (Å²) in [5, 5.41) is 11.8. The summed E-state index contributed by atoms with van der Waals surface area (Å²) < 4.78 is 0. The molecule has 0 radical (unpaired) electrons. The number of nitrogens with zero attached hydrogens (tertiary/aromatic N) is 1. The van der Waals surface area contributed by atoms with Gasteiger partial charge >= 0.3 is 0 Å². The van der Waals surface area contributed by atoms with Crippen LogP contribution in [0.2, 0.25) is 0 Å². The molecule has 1 N–H and O–H groups in total. The molecular formula is C15H17NO. The number of benzene rings is 1. The fourth-order valence-corrected chi connectivity index (χ4v) is 2.89. The number of aromatic nitrogens is 1. The molecule has 2 heteroatoms. The van der Waals surface area contributed by atoms with E-state index in [1.807, 2.05) is 24.3 Å². The lowest BCUT2D eigenvalue weighted by Crippen LogP contribution is -2.21. The highest BCUT2D eigenvalue weighted by molar-refractivity contribution is 5.79. The van der Waals surface area contributed by atoms with Crippen molar-refractivity contribution >= 4 is 10.9 Å². The number of pyridine rings is 1. The maximum atomic E-state index is 10.7. The van der Waals surface area contributed by atoms with Crippen molar-refractivity contribution in [2.24, 2.45) is 5.92 Å². The fourth-order valence-electron chi connectivity index (χ4n) is 2.89. The molecule has 0 bridgehead atoms. The van der Waals surface area contributed by atoms with Gasteiger partial charge in [0.15, 0.2) is 0 Å². The van der Waals surface area contributed by atoms with Gasteiger partial charge in [-0.2, -0.15) is 0 Å². The molecule has 2 aromatic rings. The average molecular weight is 227 g/mol. The number of rotatable bonds is 1. The Balaban J connectivity index is 2.06. The molecule has 1 aromatic heterocycles. The molecule has 1 saturated carbocycles. The predicted octanol–water partition coefficient (Wildman–Crippen LogP) is 3.24. The van der Waals surface area contributed by atoms with Crippen molar-refractivity contribution in [2.45, 2.75) is 31.8 Å². The normalized spacial score (nSPS) is 28.7. The maximum absolute atomic E-state index is 10.7. The average Bonchev–Trinajstić information content (AvgIpc) is 2.70. The summed E-state index contributed by atoms with van der Waals surface area (Å²) in [6.45, 7) is 2.21. The van der Waals surface area contributed by atoms with Crippen molar-refractivity contribution in [3.8, 4) is 0 Å². The van der Waals surface area contributed by atoms with Gasteiger partial charge in [0.1, 0.15) is 0 Å². The van der Waals surface area contributed by atoms with Crippen LogP contribution in [0.1, 0.15) is 31.7 Å². The topological polar surface area (TPSA) is 33.1 Å². The first kappa shape index (κ1) is 10.7. The Morgan fingerprint density at radius 3 is 3.00 bits per heavy atom. The van der Waals surface area contributed by atoms with Gasteiger partial charge in [-0.1, -0.05) is 19.1 Å². The number of aliphatic hydroxyl groups is 1. The Morgan fingerprint density at radius 2 is 2.24 bits per heavy atom. The van der Waals surface area contributed by atoms with Crippen molar-refractivity contribution in [1.82, 2.24) is 4.98 Å². The van der Waals surface area contributed by atoms with E-state index >= 15 is 0 Å². The second kappa shape index (κ2) is 3.81. The molecule has 2 nitrogen and oxygen atoms in total. The molecule has 88 valence electrons. The zero-order chi connectivity index (χ0) is 11.9. The van der Waals surface area contributed by atoms with Gasteiger partial charge in [0, 0.05) is 11.6 Å². The molecular weight excluding hydrogens is 210 g/mol. The molecule has 1 aliphatic rings. The Labute approximate surface area is 101 Å². The van der Waals surface area contributed by atoms with Crippen molar-refractivity contribution < 1.29 is 5.11 Å². The van der Waals surface area contributed by atoms with Crippen LogP contribution in [0, 0.1) is 5.92 Å². The van der Waals surface area contributed by atoms with Crippen LogP contribution in [0.3, 0.4) is 0 Å². The lowest BCUT2D eigenvalue weighted by Gasteiger charge is -2.23. The van der Waals surface area contributed by atoms with E-state index in [9.17, 15) is 5.11 Å². The van der Waals surface area contributed by atoms with Gasteiger partial charge in [0.05, 0.1) is 11.1 Å². The van der Waals surface area contributed by atoms with Crippen molar-refractivity contribution in [1.29, 1.82) is 0 Å². The SMILES string of the molecule is CC1CCC(O)(c2ccc3ncccc3c2)C1. The second-order valence-electron chi connectivity index (χ2n) is 5.29. The van der Waals surface area contributed by atoms with E-state index < -0.39 is 5.60 Å². The van der Waals surface area contributed by atoms with Gasteiger partial charge in [-0.05, 0) is 48.9 Å². The number of hydrogen-bond donors (Lipinski definition) is 1. The van der Waals surface area contributed by atoms with E-state index in [0.29, 0.717) is 5.92 Å². The van der Waals surface area contributed by atoms with Gasteiger partial charge in [-0.15, -0.1) is 0 Å². The van der Waals surface area contributed by atoms with Crippen LogP contribution in [0.4, 0.5) is 0 Å². The summed E-state index contributed by atoms with van der Waals surface area (Å²) in [5.74, 6) is 0.615. The monoisotopic (exact) mass is 227 g/mol. The first-order valence-corrected chi connectivity index (χ1v) is 6.25. The third kappa shape index (κ3) is 1.83. The van der Waals surface area contributed by atoms with E-state index in [4.69, 9.17) is 0 Å². The molecule has 0 aliphatic heterocycles. The smallest absolute Gasteiger partial charge is 0.0899 e. The minimum Gasteiger partial charge on any atom is -0.385 e. The largest absolute Gasteiger partial charge is 0.385 e. The molecule has 0 amide bonds. The molecule has 0 saturated heterocycles. The van der Waals surface area contributed by atoms with Crippen molar-refractivity contribution in [3.05, 3.63) is 42.1 Å². The Hall–Kier alpha value is -1.41. The van der Waals surface area contributed by atoms with Crippen LogP contribution < -0.4 is 0 Å². The molecule has 1 fully saturated rings. The molecule has 1 aliphatic carbocycles. The van der Waals surface area contributed by atoms with Crippen LogP contribution in [-0.4, -0.2) is 10.1 Å². The minimum absolute atomic E-state index is 0.615. The van der Waals surface area contributed by atoms with Gasteiger partial charge in [-0.3, -0.25) is 4.98 Å². The van der Waals surface area contributed by atoms with E-state index in [1.54, 1.807) is 6.20 Å². The summed E-state index contributed by atoms with van der Waals surface area (Å²) in [5.41, 5.74) is 1.41. The van der Waals surface area contributed by atoms with Gasteiger partial charge < -0.3 is 5.11 Å². The maximum Gasteiger partial charge on any atom is 0.0899 e. The lowest BCUT2D eigenvalue weighted by molar-refractivity contribution is 0.0409. The zero-order valence-electron chi connectivity index (χ0n) is 10.1.